The third-order valence-electron chi connectivity index (χ3n) is 3.27. The van der Waals surface area contributed by atoms with Crippen LogP contribution in [0.3, 0.4) is 0 Å². The van der Waals surface area contributed by atoms with Gasteiger partial charge in [0.1, 0.15) is 11.6 Å². The van der Waals surface area contributed by atoms with Crippen LogP contribution in [0.5, 0.6) is 0 Å². The summed E-state index contributed by atoms with van der Waals surface area (Å²) < 4.78 is 12.8. The van der Waals surface area contributed by atoms with Gasteiger partial charge in [0.2, 0.25) is 0 Å². The summed E-state index contributed by atoms with van der Waals surface area (Å²) in [5.41, 5.74) is 6.49. The van der Waals surface area contributed by atoms with Crippen LogP contribution in [0, 0.1) is 5.82 Å². The van der Waals surface area contributed by atoms with Crippen molar-refractivity contribution in [3.05, 3.63) is 35.6 Å². The van der Waals surface area contributed by atoms with E-state index in [0.717, 1.165) is 12.0 Å². The third kappa shape index (κ3) is 1.79. The molecule has 2 rings (SSSR count). The Labute approximate surface area is 88.3 Å². The van der Waals surface area contributed by atoms with Gasteiger partial charge < -0.3 is 5.73 Å². The maximum atomic E-state index is 12.8. The zero-order valence-electron chi connectivity index (χ0n) is 8.50. The molecule has 0 radical (unpaired) electrons. The lowest BCUT2D eigenvalue weighted by molar-refractivity contribution is -0.117. The van der Waals surface area contributed by atoms with E-state index in [0.29, 0.717) is 19.4 Å². The third-order valence-corrected chi connectivity index (χ3v) is 3.27. The molecule has 3 heteroatoms. The van der Waals surface area contributed by atoms with Gasteiger partial charge in [0.15, 0.2) is 0 Å². The highest BCUT2D eigenvalue weighted by Gasteiger charge is 2.38. The summed E-state index contributed by atoms with van der Waals surface area (Å²) in [7, 11) is 0. The average molecular weight is 207 g/mol. The summed E-state index contributed by atoms with van der Waals surface area (Å²) in [6.45, 7) is 0.449. The van der Waals surface area contributed by atoms with Crippen molar-refractivity contribution in [3.63, 3.8) is 0 Å². The minimum Gasteiger partial charge on any atom is -0.330 e. The van der Waals surface area contributed by atoms with Crippen molar-refractivity contribution in [2.24, 2.45) is 5.73 Å². The highest BCUT2D eigenvalue weighted by Crippen LogP contribution is 2.38. The molecule has 1 fully saturated rings. The number of benzene rings is 1. The van der Waals surface area contributed by atoms with Crippen LogP contribution in [0.2, 0.25) is 0 Å². The van der Waals surface area contributed by atoms with Gasteiger partial charge in [-0.2, -0.15) is 0 Å². The quantitative estimate of drug-likeness (QED) is 0.803. The van der Waals surface area contributed by atoms with Gasteiger partial charge in [0.05, 0.1) is 0 Å². The lowest BCUT2D eigenvalue weighted by Crippen LogP contribution is -2.32. The fourth-order valence-corrected chi connectivity index (χ4v) is 2.27. The van der Waals surface area contributed by atoms with Crippen LogP contribution in [-0.4, -0.2) is 12.3 Å². The second-order valence-corrected chi connectivity index (χ2v) is 4.21. The molecule has 2 nitrogen and oxygen atoms in total. The predicted molar refractivity (Wildman–Crippen MR) is 56.0 cm³/mol. The van der Waals surface area contributed by atoms with E-state index in [1.165, 1.54) is 12.1 Å². The molecule has 0 aromatic heterocycles. The maximum absolute atomic E-state index is 12.8. The van der Waals surface area contributed by atoms with E-state index in [1.807, 2.05) is 0 Å². The molecule has 2 N–H and O–H groups in total. The number of carbonyl (C=O) groups excluding carboxylic acids is 1. The van der Waals surface area contributed by atoms with Crippen LogP contribution < -0.4 is 5.73 Å². The van der Waals surface area contributed by atoms with Gasteiger partial charge in [-0.05, 0) is 24.1 Å². The van der Waals surface area contributed by atoms with Crippen LogP contribution in [0.1, 0.15) is 24.8 Å². The molecule has 1 aromatic carbocycles. The fourth-order valence-electron chi connectivity index (χ4n) is 2.27. The molecule has 80 valence electrons. The molecule has 0 saturated heterocycles. The largest absolute Gasteiger partial charge is 0.330 e. The lowest BCUT2D eigenvalue weighted by atomic mass is 9.79. The molecule has 1 saturated carbocycles. The molecule has 1 aliphatic rings. The second kappa shape index (κ2) is 3.74. The Hall–Kier alpha value is -1.22. The van der Waals surface area contributed by atoms with Crippen LogP contribution in [-0.2, 0) is 10.2 Å². The topological polar surface area (TPSA) is 43.1 Å². The first-order valence-corrected chi connectivity index (χ1v) is 5.14. The first-order valence-electron chi connectivity index (χ1n) is 5.14. The molecular weight excluding hydrogens is 193 g/mol. The standard InChI is InChI=1S/C12H14FNO/c13-10-3-1-9(2-4-10)12(8-14)6-5-11(15)7-12/h1-4H,5-8,14H2. The number of nitrogens with two attached hydrogens (primary N) is 1. The fraction of sp³-hybridized carbons (Fsp3) is 0.417. The lowest BCUT2D eigenvalue weighted by Gasteiger charge is -2.26. The Morgan fingerprint density at radius 2 is 2.00 bits per heavy atom. The van der Waals surface area contributed by atoms with Gasteiger partial charge in [0, 0.05) is 24.8 Å². The normalized spacial score (nSPS) is 25.9. The van der Waals surface area contributed by atoms with Crippen molar-refractivity contribution in [2.75, 3.05) is 6.54 Å². The Bertz CT molecular complexity index is 374. The molecule has 0 spiro atoms. The Morgan fingerprint density at radius 3 is 2.47 bits per heavy atom. The number of Topliss-reactive ketones (excluding diaryl/α,β-unsaturated/α-hetero) is 1. The van der Waals surface area contributed by atoms with Crippen LogP contribution >= 0.6 is 0 Å². The van der Waals surface area contributed by atoms with Crippen molar-refractivity contribution in [1.82, 2.24) is 0 Å². The molecule has 1 atom stereocenters. The second-order valence-electron chi connectivity index (χ2n) is 4.21. The Morgan fingerprint density at radius 1 is 1.33 bits per heavy atom. The summed E-state index contributed by atoms with van der Waals surface area (Å²) in [5, 5.41) is 0. The Kier molecular flexibility index (Phi) is 2.57. The Balaban J connectivity index is 2.34. The number of hydrogen-bond donors (Lipinski definition) is 1. The first kappa shape index (κ1) is 10.3. The van der Waals surface area contributed by atoms with Crippen molar-refractivity contribution >= 4 is 5.78 Å². The van der Waals surface area contributed by atoms with Crippen molar-refractivity contribution in [1.29, 1.82) is 0 Å². The molecule has 1 unspecified atom stereocenters. The van der Waals surface area contributed by atoms with Gasteiger partial charge in [-0.3, -0.25) is 4.79 Å². The predicted octanol–water partition coefficient (Wildman–Crippen LogP) is 1.78. The summed E-state index contributed by atoms with van der Waals surface area (Å²) in [6.07, 6.45) is 1.87. The summed E-state index contributed by atoms with van der Waals surface area (Å²) >= 11 is 0. The van der Waals surface area contributed by atoms with E-state index in [1.54, 1.807) is 12.1 Å². The van der Waals surface area contributed by atoms with Crippen LogP contribution in [0.15, 0.2) is 24.3 Å². The molecule has 1 aliphatic carbocycles. The van der Waals surface area contributed by atoms with Crippen molar-refractivity contribution in [3.8, 4) is 0 Å². The molecule has 0 aliphatic heterocycles. The van der Waals surface area contributed by atoms with Gasteiger partial charge in [-0.15, -0.1) is 0 Å². The number of halogens is 1. The highest BCUT2D eigenvalue weighted by molar-refractivity contribution is 5.82. The molecular formula is C12H14FNO. The van der Waals surface area contributed by atoms with Gasteiger partial charge >= 0.3 is 0 Å². The number of carbonyl (C=O) groups is 1. The summed E-state index contributed by atoms with van der Waals surface area (Å²) in [6, 6.07) is 6.33. The SMILES string of the molecule is NCC1(c2ccc(F)cc2)CCC(=O)C1. The van der Waals surface area contributed by atoms with E-state index < -0.39 is 0 Å². The zero-order chi connectivity index (χ0) is 10.9. The highest BCUT2D eigenvalue weighted by atomic mass is 19.1. The average Bonchev–Trinajstić information content (AvgIpc) is 2.62. The van der Waals surface area contributed by atoms with Crippen LogP contribution in [0.25, 0.3) is 0 Å². The van der Waals surface area contributed by atoms with E-state index in [-0.39, 0.29) is 17.0 Å². The monoisotopic (exact) mass is 207 g/mol. The zero-order valence-corrected chi connectivity index (χ0v) is 8.50. The van der Waals surface area contributed by atoms with Gasteiger partial charge in [-0.1, -0.05) is 12.1 Å². The van der Waals surface area contributed by atoms with Gasteiger partial charge in [-0.25, -0.2) is 4.39 Å². The molecule has 15 heavy (non-hydrogen) atoms. The number of ketones is 1. The van der Waals surface area contributed by atoms with E-state index >= 15 is 0 Å². The van der Waals surface area contributed by atoms with Crippen molar-refractivity contribution < 1.29 is 9.18 Å². The number of hydrogen-bond acceptors (Lipinski definition) is 2. The molecule has 0 amide bonds. The van der Waals surface area contributed by atoms with Crippen molar-refractivity contribution in [2.45, 2.75) is 24.7 Å². The first-order chi connectivity index (χ1) is 7.16. The van der Waals surface area contributed by atoms with E-state index in [4.69, 9.17) is 5.73 Å². The van der Waals surface area contributed by atoms with Gasteiger partial charge in [0.25, 0.3) is 0 Å². The van der Waals surface area contributed by atoms with E-state index in [9.17, 15) is 9.18 Å². The smallest absolute Gasteiger partial charge is 0.133 e. The minimum atomic E-state index is -0.254. The molecule has 0 bridgehead atoms. The van der Waals surface area contributed by atoms with Crippen LogP contribution in [0.4, 0.5) is 4.39 Å². The number of rotatable bonds is 2. The molecule has 1 aromatic rings. The summed E-state index contributed by atoms with van der Waals surface area (Å²) in [5.74, 6) is 0.0000184. The van der Waals surface area contributed by atoms with E-state index in [2.05, 4.69) is 0 Å². The summed E-state index contributed by atoms with van der Waals surface area (Å²) in [4.78, 5) is 11.3. The maximum Gasteiger partial charge on any atom is 0.133 e. The molecule has 0 heterocycles. The minimum absolute atomic E-state index is 0.245.